The molecule has 1 aromatic carbocycles. The van der Waals surface area contributed by atoms with Gasteiger partial charge in [-0.15, -0.1) is 0 Å². The van der Waals surface area contributed by atoms with Crippen molar-refractivity contribution in [3.05, 3.63) is 53.6 Å². The zero-order valence-electron chi connectivity index (χ0n) is 17.9. The van der Waals surface area contributed by atoms with E-state index in [1.807, 2.05) is 37.3 Å². The van der Waals surface area contributed by atoms with Gasteiger partial charge in [0.2, 0.25) is 0 Å². The van der Waals surface area contributed by atoms with Crippen molar-refractivity contribution in [1.82, 2.24) is 10.3 Å². The summed E-state index contributed by atoms with van der Waals surface area (Å²) in [7, 11) is 0. The molecule has 1 atom stereocenters. The number of anilines is 2. The van der Waals surface area contributed by atoms with Gasteiger partial charge in [-0.3, -0.25) is 4.79 Å². The molecular formula is C23H34N4O. The summed E-state index contributed by atoms with van der Waals surface area (Å²) in [4.78, 5) is 22.1. The van der Waals surface area contributed by atoms with Gasteiger partial charge in [0.15, 0.2) is 0 Å². The first kappa shape index (κ1) is 21.7. The summed E-state index contributed by atoms with van der Waals surface area (Å²) in [6.45, 7) is 13.9. The molecule has 1 aromatic heterocycles. The molecule has 0 aliphatic rings. The molecule has 28 heavy (non-hydrogen) atoms. The molecule has 1 amide bonds. The molecular weight excluding hydrogens is 348 g/mol. The van der Waals surface area contributed by atoms with Crippen LogP contribution in [0.15, 0.2) is 42.5 Å². The van der Waals surface area contributed by atoms with E-state index < -0.39 is 0 Å². The number of hydrogen-bond donors (Lipinski definition) is 1. The fraction of sp³-hybridized carbons (Fsp3) is 0.478. The number of pyridine rings is 1. The summed E-state index contributed by atoms with van der Waals surface area (Å²) in [5, 5.41) is 3.15. The Balaban J connectivity index is 2.24. The maximum absolute atomic E-state index is 13.0. The second kappa shape index (κ2) is 10.7. The van der Waals surface area contributed by atoms with Crippen LogP contribution >= 0.6 is 0 Å². The van der Waals surface area contributed by atoms with Crippen molar-refractivity contribution >= 4 is 17.5 Å². The van der Waals surface area contributed by atoms with E-state index in [0.717, 1.165) is 44.2 Å². The molecule has 0 fully saturated rings. The third-order valence-electron chi connectivity index (χ3n) is 5.00. The van der Waals surface area contributed by atoms with E-state index >= 15 is 0 Å². The van der Waals surface area contributed by atoms with Crippen molar-refractivity contribution in [2.24, 2.45) is 0 Å². The van der Waals surface area contributed by atoms with Crippen molar-refractivity contribution in [2.75, 3.05) is 36.0 Å². The predicted molar refractivity (Wildman–Crippen MR) is 118 cm³/mol. The molecule has 0 bridgehead atoms. The van der Waals surface area contributed by atoms with E-state index in [1.54, 1.807) is 0 Å². The highest BCUT2D eigenvalue weighted by atomic mass is 16.1. The number of carbonyl (C=O) groups is 1. The molecule has 0 unspecified atom stereocenters. The lowest BCUT2D eigenvalue weighted by Gasteiger charge is -2.25. The summed E-state index contributed by atoms with van der Waals surface area (Å²) in [5.41, 5.74) is 1.89. The molecule has 152 valence electrons. The maximum atomic E-state index is 13.0. The van der Waals surface area contributed by atoms with E-state index in [-0.39, 0.29) is 11.9 Å². The SMILES string of the molecule is CCN(CC)c1cc(C(=O)N[C@@H](C)Cc2ccccc2)cc(N(CC)CC)n1. The van der Waals surface area contributed by atoms with Crippen molar-refractivity contribution in [2.45, 2.75) is 47.1 Å². The summed E-state index contributed by atoms with van der Waals surface area (Å²) in [6, 6.07) is 14.1. The van der Waals surface area contributed by atoms with E-state index in [9.17, 15) is 4.79 Å². The average molecular weight is 383 g/mol. The van der Waals surface area contributed by atoms with Gasteiger partial charge < -0.3 is 15.1 Å². The molecule has 0 saturated carbocycles. The van der Waals surface area contributed by atoms with Gasteiger partial charge in [0.05, 0.1) is 0 Å². The van der Waals surface area contributed by atoms with Crippen LogP contribution in [0.3, 0.4) is 0 Å². The van der Waals surface area contributed by atoms with Crippen LogP contribution in [0, 0.1) is 0 Å². The highest BCUT2D eigenvalue weighted by molar-refractivity contribution is 5.96. The van der Waals surface area contributed by atoms with E-state index in [0.29, 0.717) is 5.56 Å². The fourth-order valence-electron chi connectivity index (χ4n) is 3.38. The van der Waals surface area contributed by atoms with Crippen LogP contribution in [0.25, 0.3) is 0 Å². The number of hydrogen-bond acceptors (Lipinski definition) is 4. The second-order valence-electron chi connectivity index (χ2n) is 6.98. The Morgan fingerprint density at radius 2 is 1.43 bits per heavy atom. The van der Waals surface area contributed by atoms with Gasteiger partial charge in [-0.25, -0.2) is 4.98 Å². The van der Waals surface area contributed by atoms with Crippen molar-refractivity contribution in [3.8, 4) is 0 Å². The van der Waals surface area contributed by atoms with Crippen LogP contribution in [0.4, 0.5) is 11.6 Å². The Kier molecular flexibility index (Phi) is 8.30. The largest absolute Gasteiger partial charge is 0.357 e. The molecule has 0 aliphatic carbocycles. The van der Waals surface area contributed by atoms with Crippen LogP contribution < -0.4 is 15.1 Å². The molecule has 2 aromatic rings. The van der Waals surface area contributed by atoms with Crippen molar-refractivity contribution in [3.63, 3.8) is 0 Å². The number of benzene rings is 1. The Morgan fingerprint density at radius 1 is 0.929 bits per heavy atom. The Hall–Kier alpha value is -2.56. The van der Waals surface area contributed by atoms with Gasteiger partial charge in [0.1, 0.15) is 11.6 Å². The minimum Gasteiger partial charge on any atom is -0.357 e. The fourth-order valence-corrected chi connectivity index (χ4v) is 3.38. The molecule has 1 heterocycles. The topological polar surface area (TPSA) is 48.5 Å². The third-order valence-corrected chi connectivity index (χ3v) is 5.00. The Labute approximate surface area is 169 Å². The molecule has 1 N–H and O–H groups in total. The lowest BCUT2D eigenvalue weighted by molar-refractivity contribution is 0.0940. The summed E-state index contributed by atoms with van der Waals surface area (Å²) in [6.07, 6.45) is 0.809. The quantitative estimate of drug-likeness (QED) is 0.671. The first-order valence-corrected chi connectivity index (χ1v) is 10.4. The van der Waals surface area contributed by atoms with Crippen LogP contribution in [0.2, 0.25) is 0 Å². The normalized spacial score (nSPS) is 11.8. The number of carbonyl (C=O) groups excluding carboxylic acids is 1. The summed E-state index contributed by atoms with van der Waals surface area (Å²) < 4.78 is 0. The van der Waals surface area contributed by atoms with Crippen LogP contribution in [-0.2, 0) is 6.42 Å². The van der Waals surface area contributed by atoms with Crippen LogP contribution in [-0.4, -0.2) is 43.1 Å². The first-order chi connectivity index (χ1) is 13.5. The zero-order valence-corrected chi connectivity index (χ0v) is 17.9. The number of amides is 1. The highest BCUT2D eigenvalue weighted by Gasteiger charge is 2.17. The number of aromatic nitrogens is 1. The molecule has 0 aliphatic heterocycles. The monoisotopic (exact) mass is 382 g/mol. The van der Waals surface area contributed by atoms with Crippen molar-refractivity contribution in [1.29, 1.82) is 0 Å². The minimum atomic E-state index is -0.0485. The average Bonchev–Trinajstić information content (AvgIpc) is 2.70. The lowest BCUT2D eigenvalue weighted by atomic mass is 10.1. The van der Waals surface area contributed by atoms with Gasteiger partial charge in [-0.1, -0.05) is 30.3 Å². The lowest BCUT2D eigenvalue weighted by Crippen LogP contribution is -2.35. The number of nitrogens with one attached hydrogen (secondary N) is 1. The highest BCUT2D eigenvalue weighted by Crippen LogP contribution is 2.21. The first-order valence-electron chi connectivity index (χ1n) is 10.4. The third kappa shape index (κ3) is 5.72. The van der Waals surface area contributed by atoms with Gasteiger partial charge in [0.25, 0.3) is 5.91 Å². The molecule has 0 spiro atoms. The number of nitrogens with zero attached hydrogens (tertiary/aromatic N) is 3. The maximum Gasteiger partial charge on any atom is 0.251 e. The van der Waals surface area contributed by atoms with E-state index in [1.165, 1.54) is 5.56 Å². The smallest absolute Gasteiger partial charge is 0.251 e. The van der Waals surface area contributed by atoms with Gasteiger partial charge >= 0.3 is 0 Å². The molecule has 0 radical (unpaired) electrons. The standard InChI is InChI=1S/C23H34N4O/c1-6-26(7-2)21-16-20(17-22(25-21)27(8-3)9-4)23(28)24-18(5)15-19-13-11-10-12-14-19/h10-14,16-18H,6-9,15H2,1-5H3,(H,24,28)/t18-/m0/s1. The molecule has 5 nitrogen and oxygen atoms in total. The van der Waals surface area contributed by atoms with Crippen molar-refractivity contribution < 1.29 is 4.79 Å². The predicted octanol–water partition coefficient (Wildman–Crippen LogP) is 4.14. The van der Waals surface area contributed by atoms with E-state index in [2.05, 4.69) is 54.9 Å². The van der Waals surface area contributed by atoms with Gasteiger partial charge in [-0.05, 0) is 58.7 Å². The minimum absolute atomic E-state index is 0.0485. The second-order valence-corrected chi connectivity index (χ2v) is 6.98. The van der Waals surface area contributed by atoms with Crippen LogP contribution in [0.1, 0.15) is 50.5 Å². The summed E-state index contributed by atoms with van der Waals surface area (Å²) in [5.74, 6) is 1.66. The Bertz CT molecular complexity index is 709. The van der Waals surface area contributed by atoms with Gasteiger partial charge in [0, 0.05) is 37.8 Å². The molecule has 5 heteroatoms. The number of rotatable bonds is 10. The van der Waals surface area contributed by atoms with E-state index in [4.69, 9.17) is 4.98 Å². The summed E-state index contributed by atoms with van der Waals surface area (Å²) >= 11 is 0. The zero-order chi connectivity index (χ0) is 20.5. The Morgan fingerprint density at radius 3 is 1.89 bits per heavy atom. The van der Waals surface area contributed by atoms with Gasteiger partial charge in [-0.2, -0.15) is 0 Å². The van der Waals surface area contributed by atoms with Crippen LogP contribution in [0.5, 0.6) is 0 Å². The molecule has 0 saturated heterocycles. The molecule has 2 rings (SSSR count).